The molecule has 0 unspecified atom stereocenters. The molecular weight excluding hydrogens is 330 g/mol. The third-order valence-corrected chi connectivity index (χ3v) is 4.47. The molecule has 3 aromatic carbocycles. The van der Waals surface area contributed by atoms with Crippen molar-refractivity contribution in [3.63, 3.8) is 0 Å². The molecule has 0 saturated heterocycles. The first-order valence-electron chi connectivity index (χ1n) is 7.84. The fraction of sp³-hybridized carbons (Fsp3) is 0. The molecule has 4 aromatic rings. The molecule has 122 valence electrons. The summed E-state index contributed by atoms with van der Waals surface area (Å²) in [6.07, 6.45) is 1.76. The van der Waals surface area contributed by atoms with Gasteiger partial charge in [0.15, 0.2) is 0 Å². The quantitative estimate of drug-likeness (QED) is 0.382. The first kappa shape index (κ1) is 15.4. The van der Waals surface area contributed by atoms with E-state index in [2.05, 4.69) is 15.5 Å². The van der Waals surface area contributed by atoms with Crippen molar-refractivity contribution in [2.75, 3.05) is 5.43 Å². The highest BCUT2D eigenvalue weighted by Gasteiger charge is 2.01. The Hall–Kier alpha value is -3.18. The maximum absolute atomic E-state index is 5.77. The third kappa shape index (κ3) is 3.84. The number of anilines is 1. The lowest BCUT2D eigenvalue weighted by atomic mass is 10.2. The number of nitrogens with one attached hydrogen (secondary N) is 1. The number of hydrazone groups is 1. The van der Waals surface area contributed by atoms with E-state index in [0.29, 0.717) is 0 Å². The Morgan fingerprint density at radius 2 is 1.56 bits per heavy atom. The van der Waals surface area contributed by atoms with Crippen LogP contribution in [0.5, 0.6) is 11.5 Å². The highest BCUT2D eigenvalue weighted by molar-refractivity contribution is 7.22. The van der Waals surface area contributed by atoms with Crippen molar-refractivity contribution >= 4 is 32.9 Å². The average Bonchev–Trinajstić information content (AvgIpc) is 3.07. The van der Waals surface area contributed by atoms with Crippen LogP contribution in [0.25, 0.3) is 10.2 Å². The third-order valence-electron chi connectivity index (χ3n) is 3.53. The minimum absolute atomic E-state index is 0.779. The summed E-state index contributed by atoms with van der Waals surface area (Å²) in [5.41, 5.74) is 4.94. The molecule has 25 heavy (non-hydrogen) atoms. The van der Waals surface area contributed by atoms with Crippen LogP contribution in [0.3, 0.4) is 0 Å². The van der Waals surface area contributed by atoms with Gasteiger partial charge in [-0.15, -0.1) is 0 Å². The van der Waals surface area contributed by atoms with Gasteiger partial charge >= 0.3 is 0 Å². The number of hydrogen-bond donors (Lipinski definition) is 1. The summed E-state index contributed by atoms with van der Waals surface area (Å²) in [7, 11) is 0. The number of fused-ring (bicyclic) bond motifs is 1. The van der Waals surface area contributed by atoms with Crippen molar-refractivity contribution in [1.82, 2.24) is 4.98 Å². The Kier molecular flexibility index (Phi) is 4.39. The summed E-state index contributed by atoms with van der Waals surface area (Å²) < 4.78 is 6.91. The smallest absolute Gasteiger partial charge is 0.204 e. The zero-order valence-corrected chi connectivity index (χ0v) is 14.1. The van der Waals surface area contributed by atoms with Crippen LogP contribution in [-0.4, -0.2) is 11.2 Å². The molecule has 0 aliphatic carbocycles. The summed E-state index contributed by atoms with van der Waals surface area (Å²) in [4.78, 5) is 4.48. The van der Waals surface area contributed by atoms with Crippen LogP contribution in [0.2, 0.25) is 0 Å². The van der Waals surface area contributed by atoms with Gasteiger partial charge in [-0.3, -0.25) is 5.43 Å². The van der Waals surface area contributed by atoms with Crippen molar-refractivity contribution in [2.24, 2.45) is 5.10 Å². The molecule has 0 radical (unpaired) electrons. The molecular formula is C20H15N3OS. The predicted molar refractivity (Wildman–Crippen MR) is 104 cm³/mol. The molecule has 5 heteroatoms. The van der Waals surface area contributed by atoms with Gasteiger partial charge in [-0.25, -0.2) is 4.98 Å². The van der Waals surface area contributed by atoms with Crippen LogP contribution < -0.4 is 10.2 Å². The van der Waals surface area contributed by atoms with E-state index in [9.17, 15) is 0 Å². The number of aromatic nitrogens is 1. The van der Waals surface area contributed by atoms with Crippen LogP contribution in [-0.2, 0) is 0 Å². The molecule has 1 N–H and O–H groups in total. The van der Waals surface area contributed by atoms with E-state index in [4.69, 9.17) is 4.74 Å². The molecule has 4 rings (SSSR count). The Bertz CT molecular complexity index is 961. The summed E-state index contributed by atoms with van der Waals surface area (Å²) >= 11 is 1.58. The van der Waals surface area contributed by atoms with Gasteiger partial charge in [0.25, 0.3) is 0 Å². The molecule has 0 spiro atoms. The molecule has 0 fully saturated rings. The number of para-hydroxylation sites is 2. The van der Waals surface area contributed by atoms with Crippen molar-refractivity contribution in [2.45, 2.75) is 0 Å². The van der Waals surface area contributed by atoms with Crippen LogP contribution in [0.4, 0.5) is 5.13 Å². The lowest BCUT2D eigenvalue weighted by Crippen LogP contribution is -1.90. The van der Waals surface area contributed by atoms with Gasteiger partial charge in [-0.05, 0) is 54.1 Å². The van der Waals surface area contributed by atoms with E-state index in [1.165, 1.54) is 0 Å². The zero-order valence-electron chi connectivity index (χ0n) is 13.3. The average molecular weight is 345 g/mol. The van der Waals surface area contributed by atoms with Gasteiger partial charge < -0.3 is 4.74 Å². The van der Waals surface area contributed by atoms with Gasteiger partial charge in [0.05, 0.1) is 16.4 Å². The second-order valence-electron chi connectivity index (χ2n) is 5.34. The lowest BCUT2D eigenvalue weighted by Gasteiger charge is -2.05. The van der Waals surface area contributed by atoms with E-state index in [1.807, 2.05) is 78.9 Å². The Morgan fingerprint density at radius 3 is 2.36 bits per heavy atom. The SMILES string of the molecule is C(=N/Nc1nc2ccccc2s1)/c1ccc(Oc2ccccc2)cc1. The van der Waals surface area contributed by atoms with Crippen LogP contribution in [0.1, 0.15) is 5.56 Å². The first-order chi connectivity index (χ1) is 12.4. The number of ether oxygens (including phenoxy) is 1. The number of hydrogen-bond acceptors (Lipinski definition) is 5. The molecule has 0 amide bonds. The minimum atomic E-state index is 0.779. The fourth-order valence-corrected chi connectivity index (χ4v) is 3.14. The summed E-state index contributed by atoms with van der Waals surface area (Å²) in [6.45, 7) is 0. The topological polar surface area (TPSA) is 46.5 Å². The number of nitrogens with zero attached hydrogens (tertiary/aromatic N) is 2. The number of rotatable bonds is 5. The molecule has 0 aliphatic rings. The van der Waals surface area contributed by atoms with E-state index >= 15 is 0 Å². The van der Waals surface area contributed by atoms with Gasteiger partial charge in [-0.1, -0.05) is 41.7 Å². The Labute approximate surface area is 149 Å². The predicted octanol–water partition coefficient (Wildman–Crippen LogP) is 5.53. The second kappa shape index (κ2) is 7.15. The minimum Gasteiger partial charge on any atom is -0.457 e. The lowest BCUT2D eigenvalue weighted by molar-refractivity contribution is 0.482. The second-order valence-corrected chi connectivity index (χ2v) is 6.37. The van der Waals surface area contributed by atoms with Crippen LogP contribution in [0, 0.1) is 0 Å². The van der Waals surface area contributed by atoms with Crippen molar-refractivity contribution < 1.29 is 4.74 Å². The normalized spacial score (nSPS) is 11.0. The highest BCUT2D eigenvalue weighted by Crippen LogP contribution is 2.25. The first-order valence-corrected chi connectivity index (χ1v) is 8.66. The van der Waals surface area contributed by atoms with Crippen molar-refractivity contribution in [3.8, 4) is 11.5 Å². The van der Waals surface area contributed by atoms with Crippen molar-refractivity contribution in [1.29, 1.82) is 0 Å². The van der Waals surface area contributed by atoms with Gasteiger partial charge in [0.1, 0.15) is 11.5 Å². The largest absolute Gasteiger partial charge is 0.457 e. The monoisotopic (exact) mass is 345 g/mol. The Balaban J connectivity index is 1.39. The molecule has 0 saturated carbocycles. The summed E-state index contributed by atoms with van der Waals surface area (Å²) in [5.74, 6) is 1.61. The molecule has 0 atom stereocenters. The fourth-order valence-electron chi connectivity index (χ4n) is 2.33. The maximum atomic E-state index is 5.77. The van der Waals surface area contributed by atoms with Crippen molar-refractivity contribution in [3.05, 3.63) is 84.4 Å². The Morgan fingerprint density at radius 1 is 0.840 bits per heavy atom. The maximum Gasteiger partial charge on any atom is 0.204 e. The molecule has 1 heterocycles. The van der Waals surface area contributed by atoms with Crippen LogP contribution in [0.15, 0.2) is 84.0 Å². The molecule has 0 bridgehead atoms. The molecule has 0 aliphatic heterocycles. The van der Waals surface area contributed by atoms with E-state index in [1.54, 1.807) is 17.6 Å². The van der Waals surface area contributed by atoms with Gasteiger partial charge in [-0.2, -0.15) is 5.10 Å². The molecule has 4 nitrogen and oxygen atoms in total. The number of benzene rings is 3. The summed E-state index contributed by atoms with van der Waals surface area (Å²) in [6, 6.07) is 25.5. The zero-order chi connectivity index (χ0) is 16.9. The van der Waals surface area contributed by atoms with Gasteiger partial charge in [0, 0.05) is 0 Å². The number of thiazole rings is 1. The van der Waals surface area contributed by atoms with E-state index < -0.39 is 0 Å². The van der Waals surface area contributed by atoms with Crippen LogP contribution >= 0.6 is 11.3 Å². The van der Waals surface area contributed by atoms with E-state index in [-0.39, 0.29) is 0 Å². The molecule has 1 aromatic heterocycles. The van der Waals surface area contributed by atoms with E-state index in [0.717, 1.165) is 32.4 Å². The van der Waals surface area contributed by atoms with Gasteiger partial charge in [0.2, 0.25) is 5.13 Å². The summed E-state index contributed by atoms with van der Waals surface area (Å²) in [5, 5.41) is 5.03. The highest BCUT2D eigenvalue weighted by atomic mass is 32.1. The standard InChI is InChI=1S/C20H15N3OS/c1-2-6-16(7-3-1)24-17-12-10-15(11-13-17)14-21-23-20-22-18-8-4-5-9-19(18)25-20/h1-14H,(H,22,23)/b21-14-.